The highest BCUT2D eigenvalue weighted by molar-refractivity contribution is 9.10. The summed E-state index contributed by atoms with van der Waals surface area (Å²) in [6, 6.07) is 12.9. The van der Waals surface area contributed by atoms with Gasteiger partial charge in [0.2, 0.25) is 5.91 Å². The number of rotatable bonds is 6. The van der Waals surface area contributed by atoms with Crippen LogP contribution in [-0.4, -0.2) is 11.9 Å². The van der Waals surface area contributed by atoms with Crippen LogP contribution in [-0.2, 0) is 11.2 Å². The normalized spacial score (nSPS) is 13.2. The Balaban J connectivity index is 1.90. The quantitative estimate of drug-likeness (QED) is 0.521. The van der Waals surface area contributed by atoms with Crippen molar-refractivity contribution in [3.63, 3.8) is 0 Å². The Bertz CT molecular complexity index is 762. The van der Waals surface area contributed by atoms with Crippen LogP contribution in [0.25, 0.3) is 10.8 Å². The van der Waals surface area contributed by atoms with Crippen molar-refractivity contribution >= 4 is 32.6 Å². The van der Waals surface area contributed by atoms with Gasteiger partial charge in [-0.2, -0.15) is 0 Å². The molecule has 1 atom stereocenters. The van der Waals surface area contributed by atoms with Gasteiger partial charge >= 0.3 is 0 Å². The summed E-state index contributed by atoms with van der Waals surface area (Å²) in [4.78, 5) is 11.7. The summed E-state index contributed by atoms with van der Waals surface area (Å²) < 4.78 is 1.12. The van der Waals surface area contributed by atoms with Gasteiger partial charge in [0.15, 0.2) is 0 Å². The van der Waals surface area contributed by atoms with E-state index in [0.717, 1.165) is 10.9 Å². The summed E-state index contributed by atoms with van der Waals surface area (Å²) in [7, 11) is 0. The first-order chi connectivity index (χ1) is 11.5. The molecular formula is C21H24BrNO. The summed E-state index contributed by atoms with van der Waals surface area (Å²) in [6.45, 7) is 6.21. The predicted molar refractivity (Wildman–Crippen MR) is 106 cm³/mol. The van der Waals surface area contributed by atoms with E-state index in [0.29, 0.717) is 5.92 Å². The molecule has 0 spiro atoms. The lowest BCUT2D eigenvalue weighted by atomic mass is 10.0. The molecule has 0 heterocycles. The highest BCUT2D eigenvalue weighted by atomic mass is 79.9. The largest absolute Gasteiger partial charge is 0.350 e. The molecule has 2 nitrogen and oxygen atoms in total. The number of fused-ring (bicyclic) bond motifs is 1. The maximum absolute atomic E-state index is 11.7. The highest BCUT2D eigenvalue weighted by Crippen LogP contribution is 2.24. The lowest BCUT2D eigenvalue weighted by Crippen LogP contribution is -2.34. The van der Waals surface area contributed by atoms with E-state index in [1.54, 1.807) is 12.2 Å². The Morgan fingerprint density at radius 1 is 1.17 bits per heavy atom. The fraction of sp³-hybridized carbons (Fsp3) is 0.286. The molecule has 0 saturated heterocycles. The van der Waals surface area contributed by atoms with Crippen LogP contribution in [0.5, 0.6) is 0 Å². The SMILES string of the molecule is CC(C)C(C)NC(=O)/C=C/C=C/Cc1ccc2c(Br)cccc2c1. The van der Waals surface area contributed by atoms with Gasteiger partial charge in [0.25, 0.3) is 0 Å². The zero-order chi connectivity index (χ0) is 17.5. The van der Waals surface area contributed by atoms with E-state index in [2.05, 4.69) is 71.5 Å². The Morgan fingerprint density at radius 3 is 2.71 bits per heavy atom. The van der Waals surface area contributed by atoms with Gasteiger partial charge in [-0.15, -0.1) is 0 Å². The Kier molecular flexibility index (Phi) is 6.80. The number of benzene rings is 2. The minimum absolute atomic E-state index is 0.0450. The van der Waals surface area contributed by atoms with Gasteiger partial charge in [-0.25, -0.2) is 0 Å². The van der Waals surface area contributed by atoms with Gasteiger partial charge in [-0.3, -0.25) is 4.79 Å². The van der Waals surface area contributed by atoms with Crippen molar-refractivity contribution in [1.29, 1.82) is 0 Å². The molecule has 0 bridgehead atoms. The first kappa shape index (κ1) is 18.5. The maximum Gasteiger partial charge on any atom is 0.244 e. The number of amides is 1. The molecule has 0 fully saturated rings. The molecule has 2 aromatic rings. The summed E-state index contributed by atoms with van der Waals surface area (Å²) in [6.07, 6.45) is 8.20. The third-order valence-electron chi connectivity index (χ3n) is 4.11. The fourth-order valence-electron chi connectivity index (χ4n) is 2.29. The third kappa shape index (κ3) is 5.34. The molecule has 126 valence electrons. The molecule has 1 unspecified atom stereocenters. The standard InChI is InChI=1S/C21H24BrNO/c1-15(2)16(3)23-21(24)11-6-4-5-8-17-12-13-19-18(14-17)9-7-10-20(19)22/h4-7,9-16H,8H2,1-3H3,(H,23,24)/b5-4+,11-6+. The monoisotopic (exact) mass is 385 g/mol. The van der Waals surface area contributed by atoms with E-state index in [4.69, 9.17) is 0 Å². The lowest BCUT2D eigenvalue weighted by molar-refractivity contribution is -0.117. The highest BCUT2D eigenvalue weighted by Gasteiger charge is 2.07. The van der Waals surface area contributed by atoms with Gasteiger partial charge in [-0.1, -0.05) is 78.3 Å². The molecule has 2 rings (SSSR count). The van der Waals surface area contributed by atoms with Gasteiger partial charge in [0.05, 0.1) is 0 Å². The summed E-state index contributed by atoms with van der Waals surface area (Å²) in [5, 5.41) is 5.40. The molecular weight excluding hydrogens is 362 g/mol. The van der Waals surface area contributed by atoms with Crippen molar-refractivity contribution in [2.75, 3.05) is 0 Å². The zero-order valence-corrected chi connectivity index (χ0v) is 16.0. The number of hydrogen-bond donors (Lipinski definition) is 1. The van der Waals surface area contributed by atoms with Crippen molar-refractivity contribution < 1.29 is 4.79 Å². The Hall–Kier alpha value is -1.87. The second kappa shape index (κ2) is 8.84. The van der Waals surface area contributed by atoms with Crippen LogP contribution >= 0.6 is 15.9 Å². The molecule has 0 radical (unpaired) electrons. The van der Waals surface area contributed by atoms with E-state index in [1.807, 2.05) is 19.1 Å². The van der Waals surface area contributed by atoms with Crippen molar-refractivity contribution in [1.82, 2.24) is 5.32 Å². The van der Waals surface area contributed by atoms with Gasteiger partial charge in [0, 0.05) is 16.6 Å². The van der Waals surface area contributed by atoms with Crippen LogP contribution < -0.4 is 5.32 Å². The number of carbonyl (C=O) groups excluding carboxylic acids is 1. The maximum atomic E-state index is 11.7. The van der Waals surface area contributed by atoms with Gasteiger partial charge in [0.1, 0.15) is 0 Å². The number of hydrogen-bond acceptors (Lipinski definition) is 1. The van der Waals surface area contributed by atoms with E-state index >= 15 is 0 Å². The zero-order valence-electron chi connectivity index (χ0n) is 14.4. The molecule has 0 aliphatic rings. The van der Waals surface area contributed by atoms with Crippen LogP contribution in [0.4, 0.5) is 0 Å². The summed E-state index contributed by atoms with van der Waals surface area (Å²) in [5.41, 5.74) is 1.25. The van der Waals surface area contributed by atoms with Crippen molar-refractivity contribution in [3.8, 4) is 0 Å². The number of allylic oxidation sites excluding steroid dienone is 3. The number of nitrogens with one attached hydrogen (secondary N) is 1. The van der Waals surface area contributed by atoms with E-state index in [-0.39, 0.29) is 11.9 Å². The van der Waals surface area contributed by atoms with Gasteiger partial charge < -0.3 is 5.32 Å². The lowest BCUT2D eigenvalue weighted by Gasteiger charge is -2.15. The average Bonchev–Trinajstić information content (AvgIpc) is 2.54. The minimum atomic E-state index is -0.0450. The van der Waals surface area contributed by atoms with Crippen LogP contribution in [0.1, 0.15) is 26.3 Å². The van der Waals surface area contributed by atoms with E-state index < -0.39 is 0 Å². The molecule has 2 aromatic carbocycles. The molecule has 24 heavy (non-hydrogen) atoms. The molecule has 0 aliphatic carbocycles. The van der Waals surface area contributed by atoms with Crippen molar-refractivity contribution in [2.45, 2.75) is 33.2 Å². The van der Waals surface area contributed by atoms with Crippen LogP contribution in [0.15, 0.2) is 65.2 Å². The third-order valence-corrected chi connectivity index (χ3v) is 4.80. The Morgan fingerprint density at radius 2 is 1.96 bits per heavy atom. The van der Waals surface area contributed by atoms with Crippen LogP contribution in [0.2, 0.25) is 0 Å². The van der Waals surface area contributed by atoms with E-state index in [1.165, 1.54) is 16.3 Å². The molecule has 0 saturated carbocycles. The second-order valence-electron chi connectivity index (χ2n) is 6.33. The van der Waals surface area contributed by atoms with Crippen LogP contribution in [0.3, 0.4) is 0 Å². The second-order valence-corrected chi connectivity index (χ2v) is 7.18. The molecule has 3 heteroatoms. The predicted octanol–water partition coefficient (Wildman–Crippen LogP) is 5.42. The Labute approximate surface area is 152 Å². The topological polar surface area (TPSA) is 29.1 Å². The van der Waals surface area contributed by atoms with Crippen LogP contribution in [0, 0.1) is 5.92 Å². The number of halogens is 1. The molecule has 0 aromatic heterocycles. The summed E-state index contributed by atoms with van der Waals surface area (Å²) >= 11 is 3.57. The first-order valence-corrected chi connectivity index (χ1v) is 9.07. The molecule has 1 N–H and O–H groups in total. The molecule has 0 aliphatic heterocycles. The minimum Gasteiger partial charge on any atom is -0.350 e. The number of carbonyl (C=O) groups is 1. The van der Waals surface area contributed by atoms with E-state index in [9.17, 15) is 4.79 Å². The average molecular weight is 386 g/mol. The first-order valence-electron chi connectivity index (χ1n) is 8.28. The smallest absolute Gasteiger partial charge is 0.244 e. The fourth-order valence-corrected chi connectivity index (χ4v) is 2.80. The molecule has 1 amide bonds. The van der Waals surface area contributed by atoms with Gasteiger partial charge in [-0.05, 0) is 41.7 Å². The summed E-state index contributed by atoms with van der Waals surface area (Å²) in [5.74, 6) is 0.391. The van der Waals surface area contributed by atoms with Crippen molar-refractivity contribution in [2.24, 2.45) is 5.92 Å². The van der Waals surface area contributed by atoms with Crippen molar-refractivity contribution in [3.05, 3.63) is 70.7 Å².